The normalized spacial score (nSPS) is 16.8. The van der Waals surface area contributed by atoms with Crippen molar-refractivity contribution in [1.82, 2.24) is 5.32 Å². The van der Waals surface area contributed by atoms with Gasteiger partial charge in [0, 0.05) is 13.2 Å². The van der Waals surface area contributed by atoms with Crippen molar-refractivity contribution < 1.29 is 5.11 Å². The number of hydrogen-bond donors (Lipinski definition) is 2. The van der Waals surface area contributed by atoms with E-state index in [0.29, 0.717) is 12.5 Å². The first-order valence-corrected chi connectivity index (χ1v) is 7.24. The van der Waals surface area contributed by atoms with Crippen LogP contribution in [0.2, 0.25) is 0 Å². The number of hydrogen-bond acceptors (Lipinski definition) is 2. The predicted octanol–water partition coefficient (Wildman–Crippen LogP) is 3.06. The van der Waals surface area contributed by atoms with Gasteiger partial charge in [0.15, 0.2) is 0 Å². The third-order valence-corrected chi connectivity index (χ3v) is 3.91. The maximum Gasteiger partial charge on any atom is 0.0434 e. The van der Waals surface area contributed by atoms with Crippen LogP contribution in [0.4, 0.5) is 0 Å². The van der Waals surface area contributed by atoms with E-state index in [4.69, 9.17) is 5.11 Å². The van der Waals surface area contributed by atoms with Crippen molar-refractivity contribution in [3.05, 3.63) is 35.4 Å². The minimum Gasteiger partial charge on any atom is -0.396 e. The standard InChI is InChI=1S/C16H25NO/c1-2-13(9-10-18)11-17-12-14-3-5-15(6-4-14)16-7-8-16/h3-6,13,16-18H,2,7-12H2,1H3. The van der Waals surface area contributed by atoms with Crippen molar-refractivity contribution >= 4 is 0 Å². The highest BCUT2D eigenvalue weighted by molar-refractivity contribution is 5.27. The fourth-order valence-corrected chi connectivity index (χ4v) is 2.38. The van der Waals surface area contributed by atoms with Crippen molar-refractivity contribution in [3.8, 4) is 0 Å². The topological polar surface area (TPSA) is 32.3 Å². The average Bonchev–Trinajstić information content (AvgIpc) is 3.23. The van der Waals surface area contributed by atoms with Crippen LogP contribution in [0, 0.1) is 5.92 Å². The number of rotatable bonds is 8. The maximum atomic E-state index is 8.94. The molecule has 1 atom stereocenters. The van der Waals surface area contributed by atoms with E-state index in [9.17, 15) is 0 Å². The fourth-order valence-electron chi connectivity index (χ4n) is 2.38. The third-order valence-electron chi connectivity index (χ3n) is 3.91. The first-order valence-electron chi connectivity index (χ1n) is 7.24. The van der Waals surface area contributed by atoms with Gasteiger partial charge in [0.05, 0.1) is 0 Å². The van der Waals surface area contributed by atoms with Crippen LogP contribution in [0.25, 0.3) is 0 Å². The molecule has 0 saturated heterocycles. The van der Waals surface area contributed by atoms with E-state index in [1.54, 1.807) is 0 Å². The van der Waals surface area contributed by atoms with Gasteiger partial charge in [-0.2, -0.15) is 0 Å². The number of benzene rings is 1. The zero-order chi connectivity index (χ0) is 12.8. The minimum atomic E-state index is 0.302. The molecule has 1 aliphatic carbocycles. The van der Waals surface area contributed by atoms with Gasteiger partial charge in [-0.25, -0.2) is 0 Å². The molecule has 1 fully saturated rings. The van der Waals surface area contributed by atoms with Crippen molar-refractivity contribution in [3.63, 3.8) is 0 Å². The van der Waals surface area contributed by atoms with Gasteiger partial charge in [0.1, 0.15) is 0 Å². The Hall–Kier alpha value is -0.860. The van der Waals surface area contributed by atoms with Gasteiger partial charge in [-0.3, -0.25) is 0 Å². The van der Waals surface area contributed by atoms with Crippen molar-refractivity contribution in [2.75, 3.05) is 13.2 Å². The lowest BCUT2D eigenvalue weighted by Gasteiger charge is -2.14. The summed E-state index contributed by atoms with van der Waals surface area (Å²) in [5.41, 5.74) is 2.86. The van der Waals surface area contributed by atoms with E-state index >= 15 is 0 Å². The summed E-state index contributed by atoms with van der Waals surface area (Å²) in [5, 5.41) is 12.4. The molecule has 2 nitrogen and oxygen atoms in total. The van der Waals surface area contributed by atoms with Crippen molar-refractivity contribution in [2.45, 2.75) is 45.1 Å². The van der Waals surface area contributed by atoms with E-state index < -0.39 is 0 Å². The van der Waals surface area contributed by atoms with Gasteiger partial charge in [-0.05, 0) is 48.8 Å². The first kappa shape index (κ1) is 13.6. The van der Waals surface area contributed by atoms with Crippen LogP contribution in [0.1, 0.15) is 49.7 Å². The summed E-state index contributed by atoms with van der Waals surface area (Å²) >= 11 is 0. The largest absolute Gasteiger partial charge is 0.396 e. The molecular weight excluding hydrogens is 222 g/mol. The van der Waals surface area contributed by atoms with Crippen molar-refractivity contribution in [2.24, 2.45) is 5.92 Å². The SMILES string of the molecule is CCC(CCO)CNCc1ccc(C2CC2)cc1. The second kappa shape index (κ2) is 6.91. The van der Waals surface area contributed by atoms with Crippen LogP contribution >= 0.6 is 0 Å². The number of aliphatic hydroxyl groups is 1. The van der Waals surface area contributed by atoms with Crippen LogP contribution in [0.3, 0.4) is 0 Å². The molecule has 1 aromatic rings. The summed E-state index contributed by atoms with van der Waals surface area (Å²) in [4.78, 5) is 0. The Morgan fingerprint density at radius 2 is 2.00 bits per heavy atom. The highest BCUT2D eigenvalue weighted by atomic mass is 16.3. The van der Waals surface area contributed by atoms with Crippen LogP contribution in [-0.4, -0.2) is 18.3 Å². The predicted molar refractivity (Wildman–Crippen MR) is 75.6 cm³/mol. The van der Waals surface area contributed by atoms with Gasteiger partial charge < -0.3 is 10.4 Å². The molecule has 0 radical (unpaired) electrons. The molecule has 1 unspecified atom stereocenters. The van der Waals surface area contributed by atoms with Gasteiger partial charge >= 0.3 is 0 Å². The highest BCUT2D eigenvalue weighted by Gasteiger charge is 2.22. The van der Waals surface area contributed by atoms with E-state index in [0.717, 1.165) is 31.8 Å². The van der Waals surface area contributed by atoms with Gasteiger partial charge in [0.2, 0.25) is 0 Å². The lowest BCUT2D eigenvalue weighted by Crippen LogP contribution is -2.22. The Balaban J connectivity index is 1.72. The van der Waals surface area contributed by atoms with Crippen LogP contribution in [0.15, 0.2) is 24.3 Å². The maximum absolute atomic E-state index is 8.94. The Bertz CT molecular complexity index is 343. The fraction of sp³-hybridized carbons (Fsp3) is 0.625. The molecule has 100 valence electrons. The lowest BCUT2D eigenvalue weighted by molar-refractivity contribution is 0.251. The van der Waals surface area contributed by atoms with E-state index in [1.807, 2.05) is 0 Å². The molecule has 0 aliphatic heterocycles. The lowest BCUT2D eigenvalue weighted by atomic mass is 10.0. The zero-order valence-corrected chi connectivity index (χ0v) is 11.4. The monoisotopic (exact) mass is 247 g/mol. The van der Waals surface area contributed by atoms with Crippen LogP contribution in [0.5, 0.6) is 0 Å². The Kier molecular flexibility index (Phi) is 5.21. The van der Waals surface area contributed by atoms with Crippen LogP contribution < -0.4 is 5.32 Å². The smallest absolute Gasteiger partial charge is 0.0434 e. The Morgan fingerprint density at radius 3 is 2.56 bits per heavy atom. The molecule has 0 aromatic heterocycles. The molecule has 2 rings (SSSR count). The number of aliphatic hydroxyl groups excluding tert-OH is 1. The zero-order valence-electron chi connectivity index (χ0n) is 11.4. The summed E-state index contributed by atoms with van der Waals surface area (Å²) < 4.78 is 0. The number of nitrogens with one attached hydrogen (secondary N) is 1. The summed E-state index contributed by atoms with van der Waals surface area (Å²) in [6.07, 6.45) is 4.78. The molecule has 2 heteroatoms. The molecular formula is C16H25NO. The minimum absolute atomic E-state index is 0.302. The quantitative estimate of drug-likeness (QED) is 0.740. The molecule has 1 aromatic carbocycles. The summed E-state index contributed by atoms with van der Waals surface area (Å²) in [7, 11) is 0. The second-order valence-electron chi connectivity index (χ2n) is 5.43. The van der Waals surface area contributed by atoms with Crippen LogP contribution in [-0.2, 0) is 6.54 Å². The highest BCUT2D eigenvalue weighted by Crippen LogP contribution is 2.39. The summed E-state index contributed by atoms with van der Waals surface area (Å²) in [6.45, 7) is 4.43. The Morgan fingerprint density at radius 1 is 1.28 bits per heavy atom. The molecule has 1 saturated carbocycles. The van der Waals surface area contributed by atoms with E-state index in [1.165, 1.54) is 24.0 Å². The third kappa shape index (κ3) is 4.11. The molecule has 0 spiro atoms. The van der Waals surface area contributed by atoms with Gasteiger partial charge in [-0.15, -0.1) is 0 Å². The van der Waals surface area contributed by atoms with E-state index in [-0.39, 0.29) is 0 Å². The first-order chi connectivity index (χ1) is 8.83. The van der Waals surface area contributed by atoms with Gasteiger partial charge in [-0.1, -0.05) is 37.6 Å². The molecule has 0 bridgehead atoms. The molecule has 0 heterocycles. The molecule has 0 amide bonds. The Labute approximate surface area is 110 Å². The van der Waals surface area contributed by atoms with Crippen molar-refractivity contribution in [1.29, 1.82) is 0 Å². The molecule has 1 aliphatic rings. The van der Waals surface area contributed by atoms with Gasteiger partial charge in [0.25, 0.3) is 0 Å². The van der Waals surface area contributed by atoms with E-state index in [2.05, 4.69) is 36.5 Å². The summed E-state index contributed by atoms with van der Waals surface area (Å²) in [6, 6.07) is 9.04. The molecule has 2 N–H and O–H groups in total. The molecule has 18 heavy (non-hydrogen) atoms. The average molecular weight is 247 g/mol. The summed E-state index contributed by atoms with van der Waals surface area (Å²) in [5.74, 6) is 1.45. The second-order valence-corrected chi connectivity index (χ2v) is 5.43.